The average Bonchev–Trinajstić information content (AvgIpc) is 3.11. The van der Waals surface area contributed by atoms with Gasteiger partial charge in [0.2, 0.25) is 0 Å². The van der Waals surface area contributed by atoms with E-state index in [1.54, 1.807) is 0 Å². The van der Waals surface area contributed by atoms with E-state index in [0.29, 0.717) is 0 Å². The van der Waals surface area contributed by atoms with Crippen LogP contribution in [0, 0.1) is 0 Å². The highest BCUT2D eigenvalue weighted by molar-refractivity contribution is 7.80. The lowest BCUT2D eigenvalue weighted by Crippen LogP contribution is -2.23. The molecule has 45 heavy (non-hydrogen) atoms. The molecule has 0 amide bonds. The van der Waals surface area contributed by atoms with Crippen molar-refractivity contribution in [2.24, 2.45) is 0 Å². The molecule has 0 bridgehead atoms. The molecule has 0 radical (unpaired) electrons. The third-order valence-electron chi connectivity index (χ3n) is 8.00. The van der Waals surface area contributed by atoms with Gasteiger partial charge in [0.15, 0.2) is 0 Å². The lowest BCUT2D eigenvalue weighted by molar-refractivity contribution is 1.60. The molecule has 7 rings (SSSR count). The molecule has 0 atom stereocenters. The van der Waals surface area contributed by atoms with Crippen molar-refractivity contribution in [2.75, 3.05) is 5.73 Å². The van der Waals surface area contributed by atoms with Crippen molar-refractivity contribution in [2.45, 2.75) is 0 Å². The van der Waals surface area contributed by atoms with Crippen LogP contribution in [0.5, 0.6) is 0 Å². The molecular weight excluding hydrogens is 580 g/mol. The molecule has 0 unspecified atom stereocenters. The van der Waals surface area contributed by atoms with Gasteiger partial charge in [-0.15, -0.1) is 0 Å². The highest BCUT2D eigenvalue weighted by atomic mass is 31.1. The van der Waals surface area contributed by atoms with Gasteiger partial charge in [0.1, 0.15) is 0 Å². The van der Waals surface area contributed by atoms with Gasteiger partial charge in [-0.2, -0.15) is 0 Å². The monoisotopic (exact) mass is 613 g/mol. The minimum Gasteiger partial charge on any atom is -0.398 e. The highest BCUT2D eigenvalue weighted by Crippen LogP contribution is 2.44. The van der Waals surface area contributed by atoms with E-state index in [1.165, 1.54) is 43.0 Å². The van der Waals surface area contributed by atoms with E-state index in [9.17, 15) is 0 Å². The van der Waals surface area contributed by atoms with Gasteiger partial charge in [-0.05, 0) is 70.4 Å². The molecule has 0 aliphatic heterocycles. The van der Waals surface area contributed by atoms with E-state index >= 15 is 0 Å². The summed E-state index contributed by atoms with van der Waals surface area (Å²) < 4.78 is 0. The molecule has 0 saturated carbocycles. The van der Waals surface area contributed by atoms with Crippen LogP contribution in [0.4, 0.5) is 5.69 Å². The van der Waals surface area contributed by atoms with Crippen LogP contribution in [-0.4, -0.2) is 0 Å². The summed E-state index contributed by atoms with van der Waals surface area (Å²) in [6, 6.07) is 67.8. The second kappa shape index (κ2) is 13.5. The van der Waals surface area contributed by atoms with E-state index in [1.807, 2.05) is 6.07 Å². The molecule has 0 saturated heterocycles. The van der Waals surface area contributed by atoms with Gasteiger partial charge in [0, 0.05) is 11.3 Å². The molecule has 7 aromatic carbocycles. The van der Waals surface area contributed by atoms with Crippen LogP contribution in [0.2, 0.25) is 0 Å². The van der Waals surface area contributed by atoms with Crippen molar-refractivity contribution >= 4 is 53.4 Å². The number of benzene rings is 7. The highest BCUT2D eigenvalue weighted by Gasteiger charge is 2.25. The topological polar surface area (TPSA) is 26.0 Å². The molecular formula is C42H33NP2. The fourth-order valence-electron chi connectivity index (χ4n) is 6.03. The first kappa shape index (κ1) is 28.9. The van der Waals surface area contributed by atoms with Gasteiger partial charge in [0.25, 0.3) is 0 Å². The molecule has 216 valence electrons. The first-order chi connectivity index (χ1) is 22.3. The van der Waals surface area contributed by atoms with E-state index in [4.69, 9.17) is 5.73 Å². The lowest BCUT2D eigenvalue weighted by atomic mass is 9.93. The smallest absolute Gasteiger partial charge is 0.0400 e. The average molecular weight is 614 g/mol. The third kappa shape index (κ3) is 5.99. The molecule has 0 spiro atoms. The Bertz CT molecular complexity index is 1930. The van der Waals surface area contributed by atoms with Gasteiger partial charge in [-0.3, -0.25) is 0 Å². The molecule has 2 N–H and O–H groups in total. The fourth-order valence-corrected chi connectivity index (χ4v) is 11.0. The number of nitrogens with two attached hydrogens (primary N) is 1. The van der Waals surface area contributed by atoms with Crippen LogP contribution in [0.15, 0.2) is 188 Å². The predicted molar refractivity (Wildman–Crippen MR) is 199 cm³/mol. The van der Waals surface area contributed by atoms with Crippen LogP contribution >= 0.6 is 15.8 Å². The molecule has 7 aromatic rings. The number of hydrogen-bond acceptors (Lipinski definition) is 1. The Morgan fingerprint density at radius 1 is 0.289 bits per heavy atom. The van der Waals surface area contributed by atoms with Crippen LogP contribution in [0.1, 0.15) is 0 Å². The summed E-state index contributed by atoms with van der Waals surface area (Å²) in [5, 5.41) is 7.92. The van der Waals surface area contributed by atoms with Crippen molar-refractivity contribution in [3.8, 4) is 22.3 Å². The Morgan fingerprint density at radius 3 is 1.07 bits per heavy atom. The quantitative estimate of drug-likeness (QED) is 0.136. The van der Waals surface area contributed by atoms with E-state index < -0.39 is 15.8 Å². The fraction of sp³-hybridized carbons (Fsp3) is 0. The normalized spacial score (nSPS) is 11.2. The van der Waals surface area contributed by atoms with Crippen molar-refractivity contribution < 1.29 is 0 Å². The van der Waals surface area contributed by atoms with Crippen LogP contribution in [0.3, 0.4) is 0 Å². The summed E-state index contributed by atoms with van der Waals surface area (Å²) in [6.45, 7) is 0. The first-order valence-corrected chi connectivity index (χ1v) is 17.9. The second-order valence-corrected chi connectivity index (χ2v) is 15.2. The molecule has 0 aliphatic rings. The zero-order chi connectivity index (χ0) is 30.4. The Kier molecular flexibility index (Phi) is 8.65. The largest absolute Gasteiger partial charge is 0.398 e. The summed E-state index contributed by atoms with van der Waals surface area (Å²) in [6.07, 6.45) is 0. The van der Waals surface area contributed by atoms with E-state index in [0.717, 1.165) is 16.8 Å². The minimum absolute atomic E-state index is 0.787. The number of hydrogen-bond donors (Lipinski definition) is 1. The summed E-state index contributed by atoms with van der Waals surface area (Å²) >= 11 is 0. The molecule has 3 heteroatoms. The minimum atomic E-state index is -0.828. The maximum atomic E-state index is 7.00. The van der Waals surface area contributed by atoms with Gasteiger partial charge < -0.3 is 5.73 Å². The number of nitrogen functional groups attached to an aromatic ring is 1. The molecule has 0 fully saturated rings. The molecule has 1 nitrogen and oxygen atoms in total. The van der Waals surface area contributed by atoms with Gasteiger partial charge in [0.05, 0.1) is 0 Å². The molecule has 0 aromatic heterocycles. The summed E-state index contributed by atoms with van der Waals surface area (Å²) in [5.74, 6) is 0. The van der Waals surface area contributed by atoms with Crippen molar-refractivity contribution in [1.82, 2.24) is 0 Å². The second-order valence-electron chi connectivity index (χ2n) is 10.8. The van der Waals surface area contributed by atoms with Crippen LogP contribution in [-0.2, 0) is 0 Å². The van der Waals surface area contributed by atoms with Gasteiger partial charge in [-0.25, -0.2) is 0 Å². The predicted octanol–water partition coefficient (Wildman–Crippen LogP) is 8.12. The van der Waals surface area contributed by atoms with Crippen molar-refractivity contribution in [3.05, 3.63) is 188 Å². The zero-order valence-corrected chi connectivity index (χ0v) is 26.7. The van der Waals surface area contributed by atoms with E-state index in [2.05, 4.69) is 182 Å². The Labute approximate surface area is 268 Å². The summed E-state index contributed by atoms with van der Waals surface area (Å²) in [4.78, 5) is 0. The summed E-state index contributed by atoms with van der Waals surface area (Å²) in [7, 11) is -1.64. The maximum absolute atomic E-state index is 7.00. The summed E-state index contributed by atoms with van der Waals surface area (Å²) in [5.41, 5.74) is 12.4. The third-order valence-corrected chi connectivity index (χ3v) is 13.0. The Hall–Kier alpha value is -4.80. The first-order valence-electron chi connectivity index (χ1n) is 15.2. The van der Waals surface area contributed by atoms with Crippen molar-refractivity contribution in [1.29, 1.82) is 0 Å². The van der Waals surface area contributed by atoms with Gasteiger partial charge >= 0.3 is 0 Å². The Balaban J connectivity index is 1.46. The van der Waals surface area contributed by atoms with E-state index in [-0.39, 0.29) is 0 Å². The Morgan fingerprint density at radius 2 is 0.622 bits per heavy atom. The van der Waals surface area contributed by atoms with Crippen LogP contribution < -0.4 is 37.6 Å². The maximum Gasteiger partial charge on any atom is 0.0400 e. The standard InChI is InChI=1S/C42H33NP2/c43-39-29-17-28-37(36-26-13-15-30-40(36)44(32-18-5-1-6-19-32)33-20-7-2-8-21-33)42(39)38-27-14-16-31-41(38)45(34-22-9-3-10-23-34)35-24-11-4-12-25-35/h1-31H,43H2. The van der Waals surface area contributed by atoms with Crippen LogP contribution in [0.25, 0.3) is 22.3 Å². The van der Waals surface area contributed by atoms with Gasteiger partial charge in [-0.1, -0.05) is 182 Å². The molecule has 0 heterocycles. The lowest BCUT2D eigenvalue weighted by Gasteiger charge is -2.26. The number of rotatable bonds is 8. The SMILES string of the molecule is Nc1cccc(-c2ccccc2P(c2ccccc2)c2ccccc2)c1-c1ccccc1P(c1ccccc1)c1ccccc1. The number of anilines is 1. The van der Waals surface area contributed by atoms with Crippen molar-refractivity contribution in [3.63, 3.8) is 0 Å². The zero-order valence-electron chi connectivity index (χ0n) is 24.9. The molecule has 0 aliphatic carbocycles.